The molecule has 1 aromatic rings. The van der Waals surface area contributed by atoms with Crippen LogP contribution in [-0.4, -0.2) is 12.6 Å². The van der Waals surface area contributed by atoms with E-state index >= 15 is 0 Å². The van der Waals surface area contributed by atoms with Gasteiger partial charge in [-0.15, -0.1) is 0 Å². The standard InChI is InChI=1S/C16H20ClN/c1-10(2)8-15-13-9-11-4-3-5-14(17)16(11)12(13)6-7-18-15/h3-5,10,15,18H,6-9H2,1-2H3. The van der Waals surface area contributed by atoms with Crippen LogP contribution in [0.2, 0.25) is 5.02 Å². The Kier molecular flexibility index (Phi) is 3.21. The quantitative estimate of drug-likeness (QED) is 0.847. The molecule has 1 unspecified atom stereocenters. The van der Waals surface area contributed by atoms with Gasteiger partial charge in [0, 0.05) is 11.1 Å². The van der Waals surface area contributed by atoms with Crippen molar-refractivity contribution < 1.29 is 0 Å². The van der Waals surface area contributed by atoms with Gasteiger partial charge in [-0.05, 0) is 60.1 Å². The normalized spacial score (nSPS) is 22.3. The Morgan fingerprint density at radius 2 is 2.22 bits per heavy atom. The van der Waals surface area contributed by atoms with Gasteiger partial charge >= 0.3 is 0 Å². The second-order valence-electron chi connectivity index (χ2n) is 5.84. The molecule has 0 spiro atoms. The Morgan fingerprint density at radius 3 is 3.00 bits per heavy atom. The van der Waals surface area contributed by atoms with Crippen molar-refractivity contribution in [1.29, 1.82) is 0 Å². The smallest absolute Gasteiger partial charge is 0.0484 e. The molecule has 18 heavy (non-hydrogen) atoms. The van der Waals surface area contributed by atoms with Crippen LogP contribution in [0.3, 0.4) is 0 Å². The van der Waals surface area contributed by atoms with Gasteiger partial charge in [-0.3, -0.25) is 0 Å². The number of halogens is 1. The van der Waals surface area contributed by atoms with Crippen molar-refractivity contribution in [3.8, 4) is 0 Å². The van der Waals surface area contributed by atoms with Crippen molar-refractivity contribution in [2.24, 2.45) is 5.92 Å². The number of rotatable bonds is 2. The summed E-state index contributed by atoms with van der Waals surface area (Å²) in [6, 6.07) is 6.88. The third kappa shape index (κ3) is 2.00. The summed E-state index contributed by atoms with van der Waals surface area (Å²) in [5.74, 6) is 0.730. The molecule has 0 aromatic heterocycles. The molecule has 1 aliphatic heterocycles. The molecule has 1 heterocycles. The third-order valence-electron chi connectivity index (χ3n) is 4.06. The van der Waals surface area contributed by atoms with Crippen molar-refractivity contribution in [2.75, 3.05) is 6.54 Å². The van der Waals surface area contributed by atoms with Gasteiger partial charge in [-0.1, -0.05) is 37.6 Å². The number of nitrogens with one attached hydrogen (secondary N) is 1. The van der Waals surface area contributed by atoms with Gasteiger partial charge in [0.25, 0.3) is 0 Å². The topological polar surface area (TPSA) is 12.0 Å². The van der Waals surface area contributed by atoms with E-state index in [2.05, 4.69) is 31.3 Å². The molecule has 0 saturated heterocycles. The Balaban J connectivity index is 1.99. The molecule has 0 radical (unpaired) electrons. The van der Waals surface area contributed by atoms with Crippen molar-refractivity contribution in [3.05, 3.63) is 39.9 Å². The predicted octanol–water partition coefficient (Wildman–Crippen LogP) is 4.06. The number of benzene rings is 1. The molecular weight excluding hydrogens is 242 g/mol. The van der Waals surface area contributed by atoms with Gasteiger partial charge in [0.05, 0.1) is 0 Å². The van der Waals surface area contributed by atoms with Crippen LogP contribution < -0.4 is 5.32 Å². The van der Waals surface area contributed by atoms with Crippen molar-refractivity contribution in [2.45, 2.75) is 39.2 Å². The summed E-state index contributed by atoms with van der Waals surface area (Å²) < 4.78 is 0. The van der Waals surface area contributed by atoms with E-state index in [-0.39, 0.29) is 0 Å². The number of hydrogen-bond donors (Lipinski definition) is 1. The molecule has 1 atom stereocenters. The highest BCUT2D eigenvalue weighted by atomic mass is 35.5. The second kappa shape index (κ2) is 4.71. The van der Waals surface area contributed by atoms with E-state index in [1.807, 2.05) is 6.07 Å². The lowest BCUT2D eigenvalue weighted by Gasteiger charge is -2.28. The summed E-state index contributed by atoms with van der Waals surface area (Å²) in [5, 5.41) is 4.61. The zero-order chi connectivity index (χ0) is 12.7. The minimum atomic E-state index is 0.553. The molecule has 2 aliphatic rings. The highest BCUT2D eigenvalue weighted by Gasteiger charge is 2.31. The first-order valence-corrected chi connectivity index (χ1v) is 7.27. The average Bonchev–Trinajstić information content (AvgIpc) is 2.69. The first kappa shape index (κ1) is 12.3. The third-order valence-corrected chi connectivity index (χ3v) is 4.38. The van der Waals surface area contributed by atoms with Gasteiger partial charge in [-0.25, -0.2) is 0 Å². The Hall–Kier alpha value is -0.790. The number of fused-ring (bicyclic) bond motifs is 2. The van der Waals surface area contributed by atoms with E-state index in [0.717, 1.165) is 30.3 Å². The van der Waals surface area contributed by atoms with E-state index in [1.165, 1.54) is 23.1 Å². The van der Waals surface area contributed by atoms with Crippen molar-refractivity contribution in [1.82, 2.24) is 5.32 Å². The molecular formula is C16H20ClN. The Labute approximate surface area is 114 Å². The SMILES string of the molecule is CC(C)CC1NCCC2=C1Cc1cccc(Cl)c12. The molecule has 0 amide bonds. The summed E-state index contributed by atoms with van der Waals surface area (Å²) in [6.45, 7) is 5.68. The van der Waals surface area contributed by atoms with Crippen LogP contribution in [0.5, 0.6) is 0 Å². The summed E-state index contributed by atoms with van der Waals surface area (Å²) in [5.41, 5.74) is 5.88. The van der Waals surface area contributed by atoms with E-state index in [1.54, 1.807) is 5.57 Å². The lowest BCUT2D eigenvalue weighted by molar-refractivity contribution is 0.449. The molecule has 96 valence electrons. The lowest BCUT2D eigenvalue weighted by atomic mass is 9.89. The second-order valence-corrected chi connectivity index (χ2v) is 6.25. The van der Waals surface area contributed by atoms with Crippen LogP contribution in [0.1, 0.15) is 37.8 Å². The maximum atomic E-state index is 6.39. The van der Waals surface area contributed by atoms with Crippen LogP contribution in [0, 0.1) is 5.92 Å². The minimum Gasteiger partial charge on any atom is -0.310 e. The lowest BCUT2D eigenvalue weighted by Crippen LogP contribution is -2.36. The van der Waals surface area contributed by atoms with E-state index in [0.29, 0.717) is 6.04 Å². The van der Waals surface area contributed by atoms with Crippen molar-refractivity contribution in [3.63, 3.8) is 0 Å². The highest BCUT2D eigenvalue weighted by molar-refractivity contribution is 6.32. The van der Waals surface area contributed by atoms with Gasteiger partial charge in [-0.2, -0.15) is 0 Å². The van der Waals surface area contributed by atoms with Crippen LogP contribution >= 0.6 is 11.6 Å². The van der Waals surface area contributed by atoms with Crippen LogP contribution in [0.15, 0.2) is 23.8 Å². The molecule has 2 heteroatoms. The van der Waals surface area contributed by atoms with Crippen LogP contribution in [0.25, 0.3) is 5.57 Å². The van der Waals surface area contributed by atoms with E-state index in [4.69, 9.17) is 11.6 Å². The molecule has 1 nitrogen and oxygen atoms in total. The first-order valence-electron chi connectivity index (χ1n) is 6.90. The highest BCUT2D eigenvalue weighted by Crippen LogP contribution is 2.42. The summed E-state index contributed by atoms with van der Waals surface area (Å²) in [4.78, 5) is 0. The summed E-state index contributed by atoms with van der Waals surface area (Å²) in [6.07, 6.45) is 3.45. The van der Waals surface area contributed by atoms with E-state index < -0.39 is 0 Å². The maximum Gasteiger partial charge on any atom is 0.0484 e. The van der Waals surface area contributed by atoms with Crippen LogP contribution in [-0.2, 0) is 6.42 Å². The Bertz CT molecular complexity index is 502. The molecule has 1 aliphatic carbocycles. The van der Waals surface area contributed by atoms with Gasteiger partial charge in [0.2, 0.25) is 0 Å². The minimum absolute atomic E-state index is 0.553. The largest absolute Gasteiger partial charge is 0.310 e. The zero-order valence-corrected chi connectivity index (χ0v) is 11.8. The fourth-order valence-corrected chi connectivity index (χ4v) is 3.65. The Morgan fingerprint density at radius 1 is 1.39 bits per heavy atom. The predicted molar refractivity (Wildman–Crippen MR) is 77.9 cm³/mol. The van der Waals surface area contributed by atoms with Crippen LogP contribution in [0.4, 0.5) is 0 Å². The fourth-order valence-electron chi connectivity index (χ4n) is 3.34. The van der Waals surface area contributed by atoms with Crippen molar-refractivity contribution >= 4 is 17.2 Å². The summed E-state index contributed by atoms with van der Waals surface area (Å²) >= 11 is 6.39. The van der Waals surface area contributed by atoms with Gasteiger partial charge < -0.3 is 5.32 Å². The maximum absolute atomic E-state index is 6.39. The zero-order valence-electron chi connectivity index (χ0n) is 11.1. The average molecular weight is 262 g/mol. The first-order chi connectivity index (χ1) is 8.66. The molecule has 0 saturated carbocycles. The number of hydrogen-bond acceptors (Lipinski definition) is 1. The molecule has 1 aromatic carbocycles. The van der Waals surface area contributed by atoms with Gasteiger partial charge in [0.15, 0.2) is 0 Å². The molecule has 0 bridgehead atoms. The van der Waals surface area contributed by atoms with E-state index in [9.17, 15) is 0 Å². The molecule has 1 N–H and O–H groups in total. The fraction of sp³-hybridized carbons (Fsp3) is 0.500. The monoisotopic (exact) mass is 261 g/mol. The molecule has 0 fully saturated rings. The molecule has 3 rings (SSSR count). The summed E-state index contributed by atoms with van der Waals surface area (Å²) in [7, 11) is 0. The van der Waals surface area contributed by atoms with Gasteiger partial charge in [0.1, 0.15) is 0 Å².